The highest BCUT2D eigenvalue weighted by molar-refractivity contribution is 9.10. The summed E-state index contributed by atoms with van der Waals surface area (Å²) in [6, 6.07) is 8.20. The van der Waals surface area contributed by atoms with E-state index in [1.165, 1.54) is 10.4 Å². The van der Waals surface area contributed by atoms with Crippen molar-refractivity contribution in [2.75, 3.05) is 11.1 Å². The third kappa shape index (κ3) is 2.48. The Bertz CT molecular complexity index is 797. The Kier molecular flexibility index (Phi) is 3.35. The Balaban J connectivity index is 2.12. The van der Waals surface area contributed by atoms with Crippen molar-refractivity contribution in [1.82, 2.24) is 9.97 Å². The van der Waals surface area contributed by atoms with Crippen LogP contribution in [-0.2, 0) is 0 Å². The van der Waals surface area contributed by atoms with Crippen LogP contribution in [0.15, 0.2) is 28.7 Å². The highest BCUT2D eigenvalue weighted by Crippen LogP contribution is 2.33. The first-order valence-corrected chi connectivity index (χ1v) is 7.71. The quantitative estimate of drug-likeness (QED) is 0.720. The molecule has 3 aromatic rings. The van der Waals surface area contributed by atoms with E-state index in [0.29, 0.717) is 0 Å². The van der Waals surface area contributed by atoms with Crippen LogP contribution >= 0.6 is 27.3 Å². The Labute approximate surface area is 129 Å². The van der Waals surface area contributed by atoms with Crippen LogP contribution in [0.1, 0.15) is 10.4 Å². The van der Waals surface area contributed by atoms with Gasteiger partial charge in [-0.25, -0.2) is 4.98 Å². The highest BCUT2D eigenvalue weighted by Gasteiger charge is 2.10. The number of anilines is 3. The summed E-state index contributed by atoms with van der Waals surface area (Å²) in [5.41, 5.74) is 7.93. The smallest absolute Gasteiger partial charge is 0.223 e. The molecule has 0 fully saturated rings. The molecule has 4 nitrogen and oxygen atoms in total. The van der Waals surface area contributed by atoms with Gasteiger partial charge in [0.15, 0.2) is 0 Å². The summed E-state index contributed by atoms with van der Waals surface area (Å²) in [7, 11) is 0. The zero-order valence-corrected chi connectivity index (χ0v) is 13.5. The molecule has 3 N–H and O–H groups in total. The number of benzene rings is 1. The minimum atomic E-state index is 0.283. The minimum absolute atomic E-state index is 0.283. The van der Waals surface area contributed by atoms with E-state index in [2.05, 4.69) is 57.2 Å². The van der Waals surface area contributed by atoms with E-state index in [1.54, 1.807) is 11.3 Å². The maximum Gasteiger partial charge on any atom is 0.223 e. The second kappa shape index (κ2) is 5.03. The largest absolute Gasteiger partial charge is 0.368 e. The Morgan fingerprint density at radius 1 is 1.20 bits per heavy atom. The van der Waals surface area contributed by atoms with E-state index in [9.17, 15) is 0 Å². The van der Waals surface area contributed by atoms with Crippen molar-refractivity contribution >= 4 is 54.9 Å². The lowest BCUT2D eigenvalue weighted by Gasteiger charge is -2.10. The summed E-state index contributed by atoms with van der Waals surface area (Å²) in [4.78, 5) is 10.7. The molecule has 0 saturated carbocycles. The van der Waals surface area contributed by atoms with Crippen molar-refractivity contribution in [3.63, 3.8) is 0 Å². The van der Waals surface area contributed by atoms with Gasteiger partial charge in [0.25, 0.3) is 0 Å². The summed E-state index contributed by atoms with van der Waals surface area (Å²) in [6.07, 6.45) is 0. The normalized spacial score (nSPS) is 10.9. The minimum Gasteiger partial charge on any atom is -0.368 e. The number of hydrogen-bond donors (Lipinski definition) is 2. The van der Waals surface area contributed by atoms with E-state index in [-0.39, 0.29) is 5.95 Å². The summed E-state index contributed by atoms with van der Waals surface area (Å²) in [5.74, 6) is 1.02. The molecular formula is C14H13BrN4S. The topological polar surface area (TPSA) is 63.8 Å². The number of nitrogens with zero attached hydrogens (tertiary/aromatic N) is 2. The molecule has 0 radical (unpaired) electrons. The molecule has 0 aliphatic carbocycles. The van der Waals surface area contributed by atoms with Crippen LogP contribution in [0.4, 0.5) is 17.5 Å². The molecule has 0 saturated heterocycles. The summed E-state index contributed by atoms with van der Waals surface area (Å²) in [6.45, 7) is 4.10. The molecule has 1 aromatic carbocycles. The number of nitrogens with two attached hydrogens (primary N) is 1. The fraction of sp³-hybridized carbons (Fsp3) is 0.143. The lowest BCUT2D eigenvalue weighted by atomic mass is 10.2. The number of nitrogen functional groups attached to an aromatic ring is 1. The van der Waals surface area contributed by atoms with Crippen molar-refractivity contribution in [2.45, 2.75) is 13.8 Å². The van der Waals surface area contributed by atoms with Gasteiger partial charge in [-0.3, -0.25) is 0 Å². The second-order valence-electron chi connectivity index (χ2n) is 4.61. The van der Waals surface area contributed by atoms with Crippen molar-refractivity contribution in [3.8, 4) is 0 Å². The molecule has 20 heavy (non-hydrogen) atoms. The molecular weight excluding hydrogens is 336 g/mol. The average molecular weight is 349 g/mol. The summed E-state index contributed by atoms with van der Waals surface area (Å²) in [5, 5.41) is 4.33. The number of aryl methyl sites for hydroxylation is 2. The number of aromatic nitrogens is 2. The maximum atomic E-state index is 5.79. The second-order valence-corrected chi connectivity index (χ2v) is 6.70. The monoisotopic (exact) mass is 348 g/mol. The zero-order chi connectivity index (χ0) is 14.3. The van der Waals surface area contributed by atoms with E-state index >= 15 is 0 Å². The first-order chi connectivity index (χ1) is 9.52. The predicted molar refractivity (Wildman–Crippen MR) is 88.7 cm³/mol. The fourth-order valence-corrected chi connectivity index (χ4v) is 3.25. The third-order valence-corrected chi connectivity index (χ3v) is 4.54. The van der Waals surface area contributed by atoms with E-state index in [4.69, 9.17) is 5.73 Å². The molecule has 0 aliphatic heterocycles. The van der Waals surface area contributed by atoms with Gasteiger partial charge in [0.2, 0.25) is 5.95 Å². The first kappa shape index (κ1) is 13.3. The van der Waals surface area contributed by atoms with Gasteiger partial charge < -0.3 is 11.1 Å². The van der Waals surface area contributed by atoms with E-state index in [1.807, 2.05) is 12.1 Å². The Morgan fingerprint density at radius 2 is 2.00 bits per heavy atom. The van der Waals surface area contributed by atoms with Gasteiger partial charge in [-0.05, 0) is 53.5 Å². The Hall–Kier alpha value is -1.66. The zero-order valence-electron chi connectivity index (χ0n) is 11.1. The number of hydrogen-bond acceptors (Lipinski definition) is 5. The average Bonchev–Trinajstić information content (AvgIpc) is 2.74. The van der Waals surface area contributed by atoms with Gasteiger partial charge in [-0.1, -0.05) is 6.07 Å². The molecule has 6 heteroatoms. The van der Waals surface area contributed by atoms with Crippen LogP contribution in [0.2, 0.25) is 0 Å². The standard InChI is InChI=1S/C14H13BrN4S/c1-7-3-4-10(15)11(5-7)17-12-9-6-8(2)20-13(9)19-14(16)18-12/h3-6H,1-2H3,(H3,16,17,18,19). The molecule has 0 bridgehead atoms. The van der Waals surface area contributed by atoms with Crippen LogP contribution in [0.3, 0.4) is 0 Å². The van der Waals surface area contributed by atoms with Gasteiger partial charge >= 0.3 is 0 Å². The molecule has 0 spiro atoms. The van der Waals surface area contributed by atoms with E-state index in [0.717, 1.165) is 26.2 Å². The van der Waals surface area contributed by atoms with Gasteiger partial charge in [0.05, 0.1) is 11.1 Å². The summed E-state index contributed by atoms with van der Waals surface area (Å²) < 4.78 is 0.986. The van der Waals surface area contributed by atoms with Crippen LogP contribution in [0, 0.1) is 13.8 Å². The number of fused-ring (bicyclic) bond motifs is 1. The van der Waals surface area contributed by atoms with Crippen molar-refractivity contribution in [1.29, 1.82) is 0 Å². The molecule has 3 rings (SSSR count). The molecule has 0 atom stereocenters. The van der Waals surface area contributed by atoms with Crippen LogP contribution in [0.5, 0.6) is 0 Å². The van der Waals surface area contributed by atoms with Gasteiger partial charge in [-0.15, -0.1) is 11.3 Å². The number of nitrogens with one attached hydrogen (secondary N) is 1. The number of halogens is 1. The predicted octanol–water partition coefficient (Wildman–Crippen LogP) is 4.40. The van der Waals surface area contributed by atoms with Crippen LogP contribution in [0.25, 0.3) is 10.2 Å². The molecule has 2 aromatic heterocycles. The van der Waals surface area contributed by atoms with E-state index < -0.39 is 0 Å². The van der Waals surface area contributed by atoms with Gasteiger partial charge in [0.1, 0.15) is 10.6 Å². The van der Waals surface area contributed by atoms with Crippen molar-refractivity contribution in [3.05, 3.63) is 39.2 Å². The lowest BCUT2D eigenvalue weighted by molar-refractivity contribution is 1.24. The van der Waals surface area contributed by atoms with Crippen molar-refractivity contribution in [2.24, 2.45) is 0 Å². The molecule has 102 valence electrons. The number of thiophene rings is 1. The summed E-state index contributed by atoms with van der Waals surface area (Å²) >= 11 is 5.16. The molecule has 2 heterocycles. The van der Waals surface area contributed by atoms with Crippen molar-refractivity contribution < 1.29 is 0 Å². The first-order valence-electron chi connectivity index (χ1n) is 6.10. The highest BCUT2D eigenvalue weighted by atomic mass is 79.9. The molecule has 0 amide bonds. The molecule has 0 unspecified atom stereocenters. The third-order valence-electron chi connectivity index (χ3n) is 2.91. The Morgan fingerprint density at radius 3 is 2.80 bits per heavy atom. The van der Waals surface area contributed by atoms with Crippen LogP contribution < -0.4 is 11.1 Å². The SMILES string of the molecule is Cc1ccc(Br)c(Nc2nc(N)nc3sc(C)cc23)c1. The molecule has 0 aliphatic rings. The van der Waals surface area contributed by atoms with Crippen LogP contribution in [-0.4, -0.2) is 9.97 Å². The number of rotatable bonds is 2. The van der Waals surface area contributed by atoms with Gasteiger partial charge in [0, 0.05) is 9.35 Å². The lowest BCUT2D eigenvalue weighted by Crippen LogP contribution is -2.00. The maximum absolute atomic E-state index is 5.79. The van der Waals surface area contributed by atoms with Gasteiger partial charge in [-0.2, -0.15) is 4.98 Å². The fourth-order valence-electron chi connectivity index (χ4n) is 2.02.